The molecule has 0 aliphatic heterocycles. The minimum atomic E-state index is -0.0128. The van der Waals surface area contributed by atoms with E-state index >= 15 is 0 Å². The number of hydrogen-bond donors (Lipinski definition) is 2. The normalized spacial score (nSPS) is 13.1. The highest BCUT2D eigenvalue weighted by Gasteiger charge is 2.05. The first kappa shape index (κ1) is 12.1. The molecular formula is C11H14BrNO2. The second-order valence-corrected chi connectivity index (χ2v) is 4.12. The van der Waals surface area contributed by atoms with Crippen LogP contribution in [0.1, 0.15) is 12.5 Å². The maximum Gasteiger partial charge on any atom is 0.161 e. The highest BCUT2D eigenvalue weighted by Crippen LogP contribution is 2.32. The van der Waals surface area contributed by atoms with E-state index in [1.54, 1.807) is 12.1 Å². The van der Waals surface area contributed by atoms with Crippen molar-refractivity contribution in [2.45, 2.75) is 13.0 Å². The van der Waals surface area contributed by atoms with Gasteiger partial charge in [0, 0.05) is 10.5 Å². The van der Waals surface area contributed by atoms with Crippen molar-refractivity contribution >= 4 is 22.0 Å². The third-order valence-electron chi connectivity index (χ3n) is 1.88. The average molecular weight is 272 g/mol. The molecule has 1 aromatic rings. The standard InChI is InChI=1S/C11H14BrNO2/c1-7(13)3-4-8-5-10(14)11(15-2)6-9(8)12/h3-7,14H,13H2,1-2H3/b4-3+. The van der Waals surface area contributed by atoms with Crippen molar-refractivity contribution in [2.75, 3.05) is 7.11 Å². The lowest BCUT2D eigenvalue weighted by atomic mass is 10.1. The van der Waals surface area contributed by atoms with E-state index < -0.39 is 0 Å². The Morgan fingerprint density at radius 1 is 1.53 bits per heavy atom. The molecule has 0 radical (unpaired) electrons. The quantitative estimate of drug-likeness (QED) is 0.889. The number of nitrogens with two attached hydrogens (primary N) is 1. The number of benzene rings is 1. The van der Waals surface area contributed by atoms with Crippen molar-refractivity contribution in [1.29, 1.82) is 0 Å². The van der Waals surface area contributed by atoms with Gasteiger partial charge in [-0.05, 0) is 24.6 Å². The lowest BCUT2D eigenvalue weighted by Gasteiger charge is -2.06. The van der Waals surface area contributed by atoms with E-state index in [1.807, 2.05) is 19.1 Å². The highest BCUT2D eigenvalue weighted by molar-refractivity contribution is 9.10. The Kier molecular flexibility index (Phi) is 4.17. The summed E-state index contributed by atoms with van der Waals surface area (Å²) >= 11 is 3.39. The molecule has 1 unspecified atom stereocenters. The molecule has 0 spiro atoms. The van der Waals surface area contributed by atoms with Gasteiger partial charge in [-0.25, -0.2) is 0 Å². The largest absolute Gasteiger partial charge is 0.504 e. The van der Waals surface area contributed by atoms with Gasteiger partial charge in [0.2, 0.25) is 0 Å². The second kappa shape index (κ2) is 5.19. The van der Waals surface area contributed by atoms with Crippen LogP contribution in [0.5, 0.6) is 11.5 Å². The first-order valence-electron chi connectivity index (χ1n) is 4.55. The topological polar surface area (TPSA) is 55.5 Å². The summed E-state index contributed by atoms with van der Waals surface area (Å²) in [7, 11) is 1.51. The molecule has 3 N–H and O–H groups in total. The monoisotopic (exact) mass is 271 g/mol. The number of phenols is 1. The van der Waals surface area contributed by atoms with Gasteiger partial charge in [0.25, 0.3) is 0 Å². The molecule has 0 heterocycles. The fourth-order valence-corrected chi connectivity index (χ4v) is 1.56. The van der Waals surface area contributed by atoms with E-state index in [1.165, 1.54) is 7.11 Å². The summed E-state index contributed by atoms with van der Waals surface area (Å²) in [5.41, 5.74) is 6.46. The Morgan fingerprint density at radius 2 is 2.20 bits per heavy atom. The lowest BCUT2D eigenvalue weighted by Crippen LogP contribution is -2.09. The van der Waals surface area contributed by atoms with Gasteiger partial charge in [-0.1, -0.05) is 28.1 Å². The van der Waals surface area contributed by atoms with E-state index in [4.69, 9.17) is 10.5 Å². The smallest absolute Gasteiger partial charge is 0.161 e. The van der Waals surface area contributed by atoms with Crippen molar-refractivity contribution in [3.05, 3.63) is 28.2 Å². The lowest BCUT2D eigenvalue weighted by molar-refractivity contribution is 0.373. The first-order chi connectivity index (χ1) is 7.04. The molecular weight excluding hydrogens is 258 g/mol. The number of halogens is 1. The second-order valence-electron chi connectivity index (χ2n) is 3.26. The molecule has 0 saturated carbocycles. The van der Waals surface area contributed by atoms with Crippen LogP contribution in [-0.4, -0.2) is 18.3 Å². The predicted octanol–water partition coefficient (Wildman–Crippen LogP) is 2.52. The summed E-state index contributed by atoms with van der Waals surface area (Å²) in [6, 6.07) is 3.33. The van der Waals surface area contributed by atoms with Crippen molar-refractivity contribution in [1.82, 2.24) is 0 Å². The van der Waals surface area contributed by atoms with E-state index in [0.29, 0.717) is 5.75 Å². The molecule has 0 bridgehead atoms. The zero-order valence-electron chi connectivity index (χ0n) is 8.70. The summed E-state index contributed by atoms with van der Waals surface area (Å²) in [6.07, 6.45) is 3.71. The summed E-state index contributed by atoms with van der Waals surface area (Å²) in [4.78, 5) is 0. The zero-order chi connectivity index (χ0) is 11.4. The summed E-state index contributed by atoms with van der Waals surface area (Å²) in [5, 5.41) is 9.57. The molecule has 15 heavy (non-hydrogen) atoms. The Balaban J connectivity index is 3.05. The number of methoxy groups -OCH3 is 1. The van der Waals surface area contributed by atoms with Crippen LogP contribution in [0.15, 0.2) is 22.7 Å². The van der Waals surface area contributed by atoms with E-state index in [-0.39, 0.29) is 11.8 Å². The average Bonchev–Trinajstić information content (AvgIpc) is 2.18. The van der Waals surface area contributed by atoms with E-state index in [2.05, 4.69) is 15.9 Å². The minimum Gasteiger partial charge on any atom is -0.504 e. The molecule has 1 rings (SSSR count). The van der Waals surface area contributed by atoms with Crippen molar-refractivity contribution in [3.63, 3.8) is 0 Å². The number of phenolic OH excluding ortho intramolecular Hbond substituents is 1. The van der Waals surface area contributed by atoms with Crippen LogP contribution in [0.2, 0.25) is 0 Å². The number of hydrogen-bond acceptors (Lipinski definition) is 3. The zero-order valence-corrected chi connectivity index (χ0v) is 10.3. The summed E-state index contributed by atoms with van der Waals surface area (Å²) < 4.78 is 5.83. The van der Waals surface area contributed by atoms with Crippen LogP contribution in [-0.2, 0) is 0 Å². The SMILES string of the molecule is COc1cc(Br)c(/C=C/C(C)N)cc1O. The van der Waals surface area contributed by atoms with Crippen LogP contribution in [0.4, 0.5) is 0 Å². The molecule has 0 amide bonds. The van der Waals surface area contributed by atoms with E-state index in [9.17, 15) is 5.11 Å². The van der Waals surface area contributed by atoms with Gasteiger partial charge in [-0.15, -0.1) is 0 Å². The molecule has 0 saturated heterocycles. The Morgan fingerprint density at radius 3 is 2.73 bits per heavy atom. The van der Waals surface area contributed by atoms with Crippen LogP contribution in [0.25, 0.3) is 6.08 Å². The third kappa shape index (κ3) is 3.25. The van der Waals surface area contributed by atoms with Crippen molar-refractivity contribution in [3.8, 4) is 11.5 Å². The number of ether oxygens (including phenoxy) is 1. The maximum absolute atomic E-state index is 9.57. The maximum atomic E-state index is 9.57. The Labute approximate surface area is 97.7 Å². The van der Waals surface area contributed by atoms with Crippen LogP contribution < -0.4 is 10.5 Å². The number of rotatable bonds is 3. The van der Waals surface area contributed by atoms with Gasteiger partial charge in [-0.3, -0.25) is 0 Å². The molecule has 82 valence electrons. The van der Waals surface area contributed by atoms with Gasteiger partial charge in [0.05, 0.1) is 7.11 Å². The van der Waals surface area contributed by atoms with Gasteiger partial charge in [-0.2, -0.15) is 0 Å². The van der Waals surface area contributed by atoms with Crippen LogP contribution in [0.3, 0.4) is 0 Å². The molecule has 1 aromatic carbocycles. The van der Waals surface area contributed by atoms with Crippen LogP contribution >= 0.6 is 15.9 Å². The van der Waals surface area contributed by atoms with E-state index in [0.717, 1.165) is 10.0 Å². The summed E-state index contributed by atoms with van der Waals surface area (Å²) in [5.74, 6) is 0.560. The van der Waals surface area contributed by atoms with Gasteiger partial charge in [0.1, 0.15) is 0 Å². The predicted molar refractivity (Wildman–Crippen MR) is 65.0 cm³/mol. The summed E-state index contributed by atoms with van der Waals surface area (Å²) in [6.45, 7) is 1.88. The number of aromatic hydroxyl groups is 1. The fourth-order valence-electron chi connectivity index (χ4n) is 1.11. The van der Waals surface area contributed by atoms with Crippen molar-refractivity contribution in [2.24, 2.45) is 5.73 Å². The van der Waals surface area contributed by atoms with Gasteiger partial charge >= 0.3 is 0 Å². The minimum absolute atomic E-state index is 0.0128. The Bertz CT molecular complexity index is 375. The third-order valence-corrected chi connectivity index (χ3v) is 2.56. The molecule has 1 atom stereocenters. The molecule has 0 fully saturated rings. The Hall–Kier alpha value is -1.00. The van der Waals surface area contributed by atoms with Crippen molar-refractivity contribution < 1.29 is 9.84 Å². The molecule has 4 heteroatoms. The molecule has 0 aliphatic carbocycles. The molecule has 0 aromatic heterocycles. The van der Waals surface area contributed by atoms with Gasteiger partial charge in [0.15, 0.2) is 11.5 Å². The van der Waals surface area contributed by atoms with Gasteiger partial charge < -0.3 is 15.6 Å². The fraction of sp³-hybridized carbons (Fsp3) is 0.273. The molecule has 0 aliphatic rings. The highest BCUT2D eigenvalue weighted by atomic mass is 79.9. The first-order valence-corrected chi connectivity index (χ1v) is 5.34. The molecule has 3 nitrogen and oxygen atoms in total. The van der Waals surface area contributed by atoms with Crippen LogP contribution in [0, 0.1) is 0 Å².